The highest BCUT2D eigenvalue weighted by molar-refractivity contribution is 7.92. The lowest BCUT2D eigenvalue weighted by Crippen LogP contribution is -2.51. The van der Waals surface area contributed by atoms with E-state index in [9.17, 15) is 18.0 Å². The number of nitrogens with one attached hydrogen (secondary N) is 1. The number of anilines is 1. The second-order valence-electron chi connectivity index (χ2n) is 8.69. The number of sulfonamides is 1. The first-order valence-corrected chi connectivity index (χ1v) is 13.3. The summed E-state index contributed by atoms with van der Waals surface area (Å²) in [7, 11) is -4.06. The minimum atomic E-state index is -4.06. The molecule has 0 heterocycles. The fraction of sp³-hybridized carbons (Fsp3) is 0.286. The molecular formula is C28H33N3O4S. The lowest BCUT2D eigenvalue weighted by Gasteiger charge is -2.32. The van der Waals surface area contributed by atoms with Crippen LogP contribution in [0.15, 0.2) is 83.8 Å². The number of likely N-dealkylation sites (N-methyl/N-ethyl adjacent to an activating group) is 1. The van der Waals surface area contributed by atoms with Crippen LogP contribution in [0.5, 0.6) is 0 Å². The summed E-state index contributed by atoms with van der Waals surface area (Å²) in [6.07, 6.45) is 0. The van der Waals surface area contributed by atoms with Crippen molar-refractivity contribution in [3.05, 3.63) is 95.6 Å². The average molecular weight is 508 g/mol. The van der Waals surface area contributed by atoms with E-state index in [0.717, 1.165) is 15.4 Å². The van der Waals surface area contributed by atoms with E-state index < -0.39 is 28.5 Å². The quantitative estimate of drug-likeness (QED) is 0.449. The molecule has 0 aliphatic rings. The summed E-state index contributed by atoms with van der Waals surface area (Å²) in [4.78, 5) is 28.1. The molecule has 190 valence electrons. The van der Waals surface area contributed by atoms with Gasteiger partial charge < -0.3 is 10.2 Å². The molecule has 0 radical (unpaired) electrons. The summed E-state index contributed by atoms with van der Waals surface area (Å²) in [5.41, 5.74) is 3.01. The van der Waals surface area contributed by atoms with E-state index in [2.05, 4.69) is 5.32 Å². The van der Waals surface area contributed by atoms with Crippen molar-refractivity contribution in [3.8, 4) is 0 Å². The molecule has 0 fully saturated rings. The maximum atomic E-state index is 13.8. The first-order valence-electron chi connectivity index (χ1n) is 11.9. The highest BCUT2D eigenvalue weighted by Crippen LogP contribution is 2.27. The molecule has 1 N–H and O–H groups in total. The van der Waals surface area contributed by atoms with Gasteiger partial charge in [-0.2, -0.15) is 0 Å². The van der Waals surface area contributed by atoms with Gasteiger partial charge in [-0.3, -0.25) is 13.9 Å². The monoisotopic (exact) mass is 507 g/mol. The van der Waals surface area contributed by atoms with Gasteiger partial charge in [0.05, 0.1) is 10.6 Å². The van der Waals surface area contributed by atoms with Crippen molar-refractivity contribution in [2.75, 3.05) is 17.4 Å². The Morgan fingerprint density at radius 1 is 0.917 bits per heavy atom. The van der Waals surface area contributed by atoms with Gasteiger partial charge in [-0.25, -0.2) is 8.42 Å². The largest absolute Gasteiger partial charge is 0.355 e. The molecule has 0 aliphatic carbocycles. The van der Waals surface area contributed by atoms with Gasteiger partial charge in [0.2, 0.25) is 11.8 Å². The normalized spacial score (nSPS) is 12.0. The number of para-hydroxylation sites is 1. The van der Waals surface area contributed by atoms with Gasteiger partial charge in [-0.1, -0.05) is 66.2 Å². The van der Waals surface area contributed by atoms with Gasteiger partial charge in [-0.05, 0) is 57.0 Å². The predicted octanol–water partition coefficient (Wildman–Crippen LogP) is 4.05. The first kappa shape index (κ1) is 26.9. The van der Waals surface area contributed by atoms with Crippen LogP contribution in [0.4, 0.5) is 5.69 Å². The van der Waals surface area contributed by atoms with Gasteiger partial charge in [-0.15, -0.1) is 0 Å². The molecule has 3 aromatic carbocycles. The molecule has 2 amide bonds. The Hall–Kier alpha value is -3.65. The number of amides is 2. The second-order valence-corrected chi connectivity index (χ2v) is 10.6. The summed E-state index contributed by atoms with van der Waals surface area (Å²) in [6, 6.07) is 22.0. The zero-order chi connectivity index (χ0) is 26.3. The Labute approximate surface area is 213 Å². The fourth-order valence-electron chi connectivity index (χ4n) is 3.99. The van der Waals surface area contributed by atoms with Crippen LogP contribution < -0.4 is 9.62 Å². The summed E-state index contributed by atoms with van der Waals surface area (Å²) in [5, 5.41) is 2.76. The molecule has 0 unspecified atom stereocenters. The number of benzene rings is 3. The third-order valence-corrected chi connectivity index (χ3v) is 7.72. The number of hydrogen-bond donors (Lipinski definition) is 1. The number of carbonyl (C=O) groups excluding carboxylic acids is 2. The zero-order valence-corrected chi connectivity index (χ0v) is 22.0. The first-order chi connectivity index (χ1) is 17.1. The smallest absolute Gasteiger partial charge is 0.264 e. The van der Waals surface area contributed by atoms with Gasteiger partial charge in [0.15, 0.2) is 0 Å². The molecule has 0 bridgehead atoms. The summed E-state index contributed by atoms with van der Waals surface area (Å²) in [5.74, 6) is -0.773. The molecule has 8 heteroatoms. The molecule has 0 saturated heterocycles. The Bertz CT molecular complexity index is 1310. The zero-order valence-electron chi connectivity index (χ0n) is 21.1. The van der Waals surface area contributed by atoms with Crippen molar-refractivity contribution in [2.45, 2.75) is 45.2 Å². The van der Waals surface area contributed by atoms with Crippen molar-refractivity contribution in [1.82, 2.24) is 10.2 Å². The Morgan fingerprint density at radius 3 is 2.22 bits per heavy atom. The summed E-state index contributed by atoms with van der Waals surface area (Å²) < 4.78 is 28.6. The molecule has 0 aromatic heterocycles. The van der Waals surface area contributed by atoms with Crippen molar-refractivity contribution in [3.63, 3.8) is 0 Å². The molecule has 0 saturated carbocycles. The average Bonchev–Trinajstić information content (AvgIpc) is 2.86. The SMILES string of the molecule is CCNC(=O)[C@H](C)N(Cc1cccc(C)c1)C(=O)CN(c1ccccc1C)S(=O)(=O)c1ccccc1. The van der Waals surface area contributed by atoms with E-state index in [-0.39, 0.29) is 17.3 Å². The second kappa shape index (κ2) is 11.9. The standard InChI is InChI=1S/C28H33N3O4S/c1-5-29-28(33)23(4)30(19-24-14-11-12-21(2)18-24)27(32)20-31(26-17-10-9-13-22(26)3)36(34,35)25-15-7-6-8-16-25/h6-18,23H,5,19-20H2,1-4H3,(H,29,33)/t23-/m0/s1. The fourth-order valence-corrected chi connectivity index (χ4v) is 5.49. The van der Waals surface area contributed by atoms with Crippen LogP contribution in [-0.2, 0) is 26.2 Å². The highest BCUT2D eigenvalue weighted by Gasteiger charge is 2.32. The third kappa shape index (κ3) is 6.31. The van der Waals surface area contributed by atoms with Crippen LogP contribution in [0, 0.1) is 13.8 Å². The summed E-state index contributed by atoms with van der Waals surface area (Å²) >= 11 is 0. The molecule has 7 nitrogen and oxygen atoms in total. The molecule has 3 aromatic rings. The van der Waals surface area contributed by atoms with Crippen LogP contribution in [-0.4, -0.2) is 44.3 Å². The molecule has 1 atom stereocenters. The number of carbonyl (C=O) groups is 2. The Kier molecular flexibility index (Phi) is 8.88. The van der Waals surface area contributed by atoms with Gasteiger partial charge in [0.1, 0.15) is 12.6 Å². The van der Waals surface area contributed by atoms with E-state index >= 15 is 0 Å². The van der Waals surface area contributed by atoms with Crippen LogP contribution in [0.25, 0.3) is 0 Å². The topological polar surface area (TPSA) is 86.8 Å². The number of aryl methyl sites for hydroxylation is 2. The summed E-state index contributed by atoms with van der Waals surface area (Å²) in [6.45, 7) is 7.37. The van der Waals surface area contributed by atoms with E-state index in [1.54, 1.807) is 50.2 Å². The van der Waals surface area contributed by atoms with Gasteiger partial charge >= 0.3 is 0 Å². The van der Waals surface area contributed by atoms with Crippen molar-refractivity contribution >= 4 is 27.5 Å². The van der Waals surface area contributed by atoms with Crippen molar-refractivity contribution in [2.24, 2.45) is 0 Å². The lowest BCUT2D eigenvalue weighted by molar-refractivity contribution is -0.139. The van der Waals surface area contributed by atoms with Crippen LogP contribution in [0.2, 0.25) is 0 Å². The number of rotatable bonds is 10. The molecule has 36 heavy (non-hydrogen) atoms. The molecule has 0 spiro atoms. The van der Waals surface area contributed by atoms with Gasteiger partial charge in [0, 0.05) is 13.1 Å². The van der Waals surface area contributed by atoms with E-state index in [4.69, 9.17) is 0 Å². The maximum Gasteiger partial charge on any atom is 0.264 e. The Balaban J connectivity index is 2.03. The van der Waals surface area contributed by atoms with E-state index in [0.29, 0.717) is 17.8 Å². The molecule has 3 rings (SSSR count). The third-order valence-electron chi connectivity index (χ3n) is 5.95. The van der Waals surface area contributed by atoms with Crippen LogP contribution in [0.1, 0.15) is 30.5 Å². The minimum Gasteiger partial charge on any atom is -0.355 e. The minimum absolute atomic E-state index is 0.0862. The number of nitrogens with zero attached hydrogens (tertiary/aromatic N) is 2. The maximum absolute atomic E-state index is 13.8. The van der Waals surface area contributed by atoms with Crippen LogP contribution >= 0.6 is 0 Å². The van der Waals surface area contributed by atoms with E-state index in [1.165, 1.54) is 17.0 Å². The molecule has 0 aliphatic heterocycles. The lowest BCUT2D eigenvalue weighted by atomic mass is 10.1. The van der Waals surface area contributed by atoms with Gasteiger partial charge in [0.25, 0.3) is 10.0 Å². The highest BCUT2D eigenvalue weighted by atomic mass is 32.2. The Morgan fingerprint density at radius 2 is 1.58 bits per heavy atom. The molecular weight excluding hydrogens is 474 g/mol. The van der Waals surface area contributed by atoms with Crippen molar-refractivity contribution < 1.29 is 18.0 Å². The van der Waals surface area contributed by atoms with E-state index in [1.807, 2.05) is 44.2 Å². The van der Waals surface area contributed by atoms with Crippen molar-refractivity contribution in [1.29, 1.82) is 0 Å². The van der Waals surface area contributed by atoms with Crippen LogP contribution in [0.3, 0.4) is 0 Å². The predicted molar refractivity (Wildman–Crippen MR) is 142 cm³/mol. The number of hydrogen-bond acceptors (Lipinski definition) is 4.